The van der Waals surface area contributed by atoms with Crippen LogP contribution in [0.2, 0.25) is 0 Å². The van der Waals surface area contributed by atoms with Gasteiger partial charge in [0, 0.05) is 11.1 Å². The molecule has 38 heteroatoms. The molecule has 0 radical (unpaired) electrons. The number of amides is 2. The van der Waals surface area contributed by atoms with Crippen LogP contribution in [-0.4, -0.2) is 174 Å². The van der Waals surface area contributed by atoms with Gasteiger partial charge >= 0.3 is 62.4 Å². The van der Waals surface area contributed by atoms with Crippen molar-refractivity contribution in [2.24, 2.45) is 0 Å². The molecule has 2 aliphatic rings. The number of rotatable bonds is 18. The van der Waals surface area contributed by atoms with Crippen molar-refractivity contribution in [2.45, 2.75) is 61.3 Å². The van der Waals surface area contributed by atoms with E-state index in [1.807, 2.05) is 10.6 Å². The molecule has 0 unspecified atom stereocenters. The van der Waals surface area contributed by atoms with Gasteiger partial charge in [-0.2, -0.15) is 50.5 Å². The van der Waals surface area contributed by atoms with E-state index in [-0.39, 0.29) is 0 Å². The van der Waals surface area contributed by atoms with E-state index in [0.29, 0.717) is 0 Å². The van der Waals surface area contributed by atoms with Gasteiger partial charge in [0.2, 0.25) is 0 Å². The van der Waals surface area contributed by atoms with Crippen LogP contribution in [0, 0.1) is 0 Å². The Labute approximate surface area is 325 Å². The Balaban J connectivity index is 1.91. The third kappa shape index (κ3) is 16.0. The molecule has 0 saturated carbocycles. The maximum Gasteiger partial charge on any atom is 0.397 e. The van der Waals surface area contributed by atoms with Crippen molar-refractivity contribution < 1.29 is 132 Å². The Hall–Kier alpha value is -2.78. The van der Waals surface area contributed by atoms with Gasteiger partial charge in [-0.15, -0.1) is 0 Å². The highest BCUT2D eigenvalue weighted by molar-refractivity contribution is 7.82. The lowest BCUT2D eigenvalue weighted by Gasteiger charge is -2.42. The molecule has 0 spiro atoms. The molecule has 2 heterocycles. The molecule has 0 aromatic heterocycles. The van der Waals surface area contributed by atoms with Crippen LogP contribution in [0.4, 0.5) is 0 Å². The fourth-order valence-corrected chi connectivity index (χ4v) is 7.65. The van der Waals surface area contributed by atoms with Crippen LogP contribution in [0.25, 0.3) is 0 Å². The van der Waals surface area contributed by atoms with Gasteiger partial charge in [-0.1, -0.05) is 0 Å². The minimum atomic E-state index is -5.71. The lowest BCUT2D eigenvalue weighted by Crippen LogP contribution is -2.66. The quantitative estimate of drug-likeness (QED) is 0.0612. The number of nitrogens with one attached hydrogen (secondary N) is 2. The molecule has 32 nitrogen and oxygen atoms in total. The van der Waals surface area contributed by atoms with Crippen LogP contribution in [0.5, 0.6) is 0 Å². The summed E-state index contributed by atoms with van der Waals surface area (Å²) in [5.41, 5.74) is -1.09. The second-order valence-corrected chi connectivity index (χ2v) is 17.5. The highest BCUT2D eigenvalue weighted by atomic mass is 32.3. The Morgan fingerprint density at radius 2 is 0.741 bits per heavy atom. The average molecular weight is 969 g/mol. The summed E-state index contributed by atoms with van der Waals surface area (Å²) in [7, 11) is -33.4. The third-order valence-corrected chi connectivity index (χ3v) is 9.76. The van der Waals surface area contributed by atoms with Gasteiger partial charge in [-0.25, -0.2) is 25.1 Å². The summed E-state index contributed by atoms with van der Waals surface area (Å²) in [4.78, 5) is 26.3. The number of carbonyl (C=O) groups is 2. The molecular weight excluding hydrogens is 941 g/mol. The molecule has 0 bridgehead atoms. The Morgan fingerprint density at radius 3 is 0.983 bits per heavy atom. The Bertz CT molecular complexity index is 2170. The average Bonchev–Trinajstić information content (AvgIpc) is 3.02. The highest BCUT2D eigenvalue weighted by Gasteiger charge is 2.53. The maximum absolute atomic E-state index is 13.1. The summed E-state index contributed by atoms with van der Waals surface area (Å²) in [5.74, 6) is -2.77. The molecule has 2 fully saturated rings. The first-order valence-electron chi connectivity index (χ1n) is 14.4. The van der Waals surface area contributed by atoms with Crippen LogP contribution >= 0.6 is 0 Å². The second-order valence-electron chi connectivity index (χ2n) is 11.1. The minimum absolute atomic E-state index is 0.546. The summed E-state index contributed by atoms with van der Waals surface area (Å²) in [6.07, 6.45) is -20.1. The zero-order chi connectivity index (χ0) is 44.4. The molecule has 2 amide bonds. The maximum atomic E-state index is 13.1. The number of hydrogen-bond donors (Lipinski definition) is 10. The fourth-order valence-electron chi connectivity index (χ4n) is 4.99. The molecular formula is C20H28N2O30S6. The van der Waals surface area contributed by atoms with E-state index >= 15 is 0 Å². The van der Waals surface area contributed by atoms with Gasteiger partial charge in [0.25, 0.3) is 11.8 Å². The summed E-state index contributed by atoms with van der Waals surface area (Å²) in [6.45, 7) is -2.95. The fraction of sp³-hybridized carbons (Fsp3) is 0.600. The highest BCUT2D eigenvalue weighted by Crippen LogP contribution is 2.30. The summed E-state index contributed by atoms with van der Waals surface area (Å²) >= 11 is 0. The van der Waals surface area contributed by atoms with Crippen molar-refractivity contribution in [3.8, 4) is 0 Å². The van der Waals surface area contributed by atoms with Gasteiger partial charge < -0.3 is 30.3 Å². The zero-order valence-electron chi connectivity index (χ0n) is 27.5. The molecule has 2 aliphatic heterocycles. The van der Waals surface area contributed by atoms with Crippen molar-refractivity contribution in [1.82, 2.24) is 10.6 Å². The lowest BCUT2D eigenvalue weighted by atomic mass is 9.96. The molecule has 10 atom stereocenters. The van der Waals surface area contributed by atoms with Crippen LogP contribution in [0.1, 0.15) is 20.7 Å². The molecule has 1 aromatic carbocycles. The van der Waals surface area contributed by atoms with E-state index in [1.54, 1.807) is 0 Å². The topological polar surface area (TPSA) is 499 Å². The van der Waals surface area contributed by atoms with Gasteiger partial charge in [0.05, 0.1) is 13.2 Å². The first-order chi connectivity index (χ1) is 26.1. The molecule has 334 valence electrons. The van der Waals surface area contributed by atoms with Gasteiger partial charge in [-0.05, 0) is 24.3 Å². The number of aliphatic hydroxyl groups excluding tert-OH is 2. The summed E-state index contributed by atoms with van der Waals surface area (Å²) in [6, 6.07) is -1.55. The molecule has 1 aromatic rings. The second kappa shape index (κ2) is 18.5. The van der Waals surface area contributed by atoms with E-state index in [9.17, 15) is 88.5 Å². The van der Waals surface area contributed by atoms with Crippen LogP contribution in [-0.2, 0) is 97.0 Å². The monoisotopic (exact) mass is 968 g/mol. The zero-order valence-corrected chi connectivity index (χ0v) is 32.4. The predicted octanol–water partition coefficient (Wildman–Crippen LogP) is -6.29. The normalized spacial score (nSPS) is 29.0. The van der Waals surface area contributed by atoms with E-state index in [1.165, 1.54) is 0 Å². The first kappa shape index (κ1) is 49.6. The number of carbonyl (C=O) groups excluding carboxylic acids is 2. The van der Waals surface area contributed by atoms with Crippen molar-refractivity contribution in [3.63, 3.8) is 0 Å². The minimum Gasteiger partial charge on any atom is -0.366 e. The van der Waals surface area contributed by atoms with E-state index in [4.69, 9.17) is 18.6 Å². The summed E-state index contributed by atoms with van der Waals surface area (Å²) in [5, 5.41) is 24.8. The van der Waals surface area contributed by atoms with E-state index < -0.39 is 160 Å². The van der Waals surface area contributed by atoms with Gasteiger partial charge in [0.15, 0.2) is 12.6 Å². The molecule has 3 rings (SSSR count). The number of ether oxygens (including phenoxy) is 2. The van der Waals surface area contributed by atoms with Crippen molar-refractivity contribution in [3.05, 3.63) is 35.4 Å². The number of aliphatic hydroxyl groups is 2. The SMILES string of the molecule is O=C(N[C@@H]1[C@@H](OS(=O)(=O)O)[C@H](OS(=O)(=O)O)[C@@H](COS(=O)(=O)O)O[C@@H]1O)c1ccc(C(=O)N[C@@H]2[C@@H](OS(=O)(=O)O)[C@H](OS(=O)(=O)O)[C@@H](COS(=O)(=O)O)O[C@@H]2O)cc1. The standard InChI is InChI=1S/C20H28N2O30S6/c23-17(21-11-15(51-57(39,40)41)13(49-55(33,34)35)9(47-19(11)25)5-45-53(27,28)29)7-1-2-8(4-3-7)18(24)22-12-16(52-58(42,43)44)14(50-56(36,37)38)10(48-20(12)26)6-46-54(30,31)32/h1-4,9-16,19-20,25-26H,5-6H2,(H,21,23)(H,22,24)(H,27,28,29)(H,30,31,32)(H,33,34,35)(H,36,37,38)(H,39,40,41)(H,42,43,44)/t9-,10-,11-,12-,13-,14-,15-,16-,19+,20+/m1/s1. The van der Waals surface area contributed by atoms with E-state index in [2.05, 4.69) is 25.1 Å². The molecule has 2 saturated heterocycles. The van der Waals surface area contributed by atoms with E-state index in [0.717, 1.165) is 24.3 Å². The largest absolute Gasteiger partial charge is 0.397 e. The van der Waals surface area contributed by atoms with Crippen LogP contribution < -0.4 is 10.6 Å². The van der Waals surface area contributed by atoms with Crippen LogP contribution in [0.15, 0.2) is 24.3 Å². The third-order valence-electron chi connectivity index (χ3n) is 7.03. The molecule has 10 N–H and O–H groups in total. The predicted molar refractivity (Wildman–Crippen MR) is 171 cm³/mol. The summed E-state index contributed by atoms with van der Waals surface area (Å²) < 4.78 is 226. The van der Waals surface area contributed by atoms with Gasteiger partial charge in [0.1, 0.15) is 48.7 Å². The van der Waals surface area contributed by atoms with Crippen molar-refractivity contribution in [2.75, 3.05) is 13.2 Å². The first-order valence-corrected chi connectivity index (χ1v) is 22.6. The lowest BCUT2D eigenvalue weighted by molar-refractivity contribution is -0.241. The number of benzene rings is 1. The van der Waals surface area contributed by atoms with Crippen molar-refractivity contribution in [1.29, 1.82) is 0 Å². The smallest absolute Gasteiger partial charge is 0.366 e. The Morgan fingerprint density at radius 1 is 0.483 bits per heavy atom. The van der Waals surface area contributed by atoms with Crippen LogP contribution in [0.3, 0.4) is 0 Å². The molecule has 0 aliphatic carbocycles. The Kier molecular flexibility index (Phi) is 15.8. The number of hydrogen-bond acceptors (Lipinski definition) is 24. The molecule has 58 heavy (non-hydrogen) atoms. The van der Waals surface area contributed by atoms with Gasteiger partial charge in [-0.3, -0.25) is 36.9 Å². The van der Waals surface area contributed by atoms with Crippen molar-refractivity contribution >= 4 is 74.2 Å².